The molecular formula is C19H20N4O4. The molecule has 4 aliphatic heterocycles. The Kier molecular flexibility index (Phi) is 3.58. The van der Waals surface area contributed by atoms with Crippen molar-refractivity contribution in [2.24, 2.45) is 0 Å². The fourth-order valence-electron chi connectivity index (χ4n) is 4.76. The van der Waals surface area contributed by atoms with Gasteiger partial charge in [-0.15, -0.1) is 0 Å². The summed E-state index contributed by atoms with van der Waals surface area (Å²) in [6.45, 7) is 0. The summed E-state index contributed by atoms with van der Waals surface area (Å²) in [5.41, 5.74) is 1.42. The van der Waals surface area contributed by atoms with E-state index in [0.717, 1.165) is 23.4 Å². The molecule has 3 saturated heterocycles. The molecule has 0 radical (unpaired) electrons. The van der Waals surface area contributed by atoms with Crippen molar-refractivity contribution in [1.29, 1.82) is 0 Å². The summed E-state index contributed by atoms with van der Waals surface area (Å²) >= 11 is 0. The van der Waals surface area contributed by atoms with Gasteiger partial charge in [0.1, 0.15) is 6.04 Å². The predicted octanol–water partition coefficient (Wildman–Crippen LogP) is 0.393. The second-order valence-electron chi connectivity index (χ2n) is 7.74. The van der Waals surface area contributed by atoms with E-state index >= 15 is 0 Å². The third-order valence-electron chi connectivity index (χ3n) is 6.09. The van der Waals surface area contributed by atoms with E-state index in [1.54, 1.807) is 12.1 Å². The number of benzene rings is 1. The molecule has 3 N–H and O–H groups in total. The Morgan fingerprint density at radius 1 is 1.00 bits per heavy atom. The molecule has 0 saturated carbocycles. The summed E-state index contributed by atoms with van der Waals surface area (Å²) in [5, 5.41) is 9.24. The largest absolute Gasteiger partial charge is 0.381 e. The van der Waals surface area contributed by atoms with Crippen LogP contribution in [0.3, 0.4) is 0 Å². The maximum atomic E-state index is 12.9. The number of carbonyl (C=O) groups excluding carboxylic acids is 4. The van der Waals surface area contributed by atoms with Crippen LogP contribution in [0, 0.1) is 0 Å². The number of nitrogens with zero attached hydrogens (tertiary/aromatic N) is 1. The summed E-state index contributed by atoms with van der Waals surface area (Å²) in [5.74, 6) is -1.91. The number of anilines is 1. The first-order valence-corrected chi connectivity index (χ1v) is 9.39. The van der Waals surface area contributed by atoms with Crippen molar-refractivity contribution < 1.29 is 19.2 Å². The molecule has 2 bridgehead atoms. The van der Waals surface area contributed by atoms with Crippen molar-refractivity contribution in [3.05, 3.63) is 29.3 Å². The van der Waals surface area contributed by atoms with Crippen molar-refractivity contribution in [3.63, 3.8) is 0 Å². The molecule has 1 unspecified atom stereocenters. The first-order chi connectivity index (χ1) is 13.0. The van der Waals surface area contributed by atoms with Gasteiger partial charge in [-0.1, -0.05) is 0 Å². The molecular weight excluding hydrogens is 348 g/mol. The summed E-state index contributed by atoms with van der Waals surface area (Å²) in [4.78, 5) is 50.0. The maximum Gasteiger partial charge on any atom is 0.262 e. The zero-order valence-corrected chi connectivity index (χ0v) is 14.7. The summed E-state index contributed by atoms with van der Waals surface area (Å²) in [6, 6.07) is 5.55. The summed E-state index contributed by atoms with van der Waals surface area (Å²) in [7, 11) is 0. The van der Waals surface area contributed by atoms with E-state index in [4.69, 9.17) is 0 Å². The van der Waals surface area contributed by atoms with E-state index in [-0.39, 0.29) is 18.7 Å². The Morgan fingerprint density at radius 3 is 2.52 bits per heavy atom. The Balaban J connectivity index is 1.38. The number of imide groups is 2. The van der Waals surface area contributed by atoms with Gasteiger partial charge < -0.3 is 10.6 Å². The van der Waals surface area contributed by atoms with Gasteiger partial charge in [0.25, 0.3) is 11.8 Å². The molecule has 0 aromatic heterocycles. The average molecular weight is 368 g/mol. The molecule has 1 aromatic carbocycles. The Morgan fingerprint density at radius 2 is 1.81 bits per heavy atom. The van der Waals surface area contributed by atoms with E-state index in [1.807, 2.05) is 6.07 Å². The van der Waals surface area contributed by atoms with Crippen LogP contribution >= 0.6 is 0 Å². The molecule has 0 spiro atoms. The lowest BCUT2D eigenvalue weighted by molar-refractivity contribution is -0.136. The number of amides is 4. The van der Waals surface area contributed by atoms with Gasteiger partial charge in [0.05, 0.1) is 11.1 Å². The number of fused-ring (bicyclic) bond motifs is 3. The number of hydrogen-bond donors (Lipinski definition) is 3. The Bertz CT molecular complexity index is 882. The predicted molar refractivity (Wildman–Crippen MR) is 95.1 cm³/mol. The van der Waals surface area contributed by atoms with Crippen LogP contribution in [0.2, 0.25) is 0 Å². The molecule has 4 aliphatic rings. The number of hydrogen-bond acceptors (Lipinski definition) is 6. The van der Waals surface area contributed by atoms with Gasteiger partial charge in [-0.05, 0) is 43.9 Å². The van der Waals surface area contributed by atoms with Crippen LogP contribution in [0.1, 0.15) is 52.8 Å². The Hall–Kier alpha value is -2.74. The fraction of sp³-hybridized carbons (Fsp3) is 0.474. The van der Waals surface area contributed by atoms with E-state index < -0.39 is 23.8 Å². The van der Waals surface area contributed by atoms with Gasteiger partial charge in [-0.3, -0.25) is 29.4 Å². The van der Waals surface area contributed by atoms with Crippen LogP contribution in [0.5, 0.6) is 0 Å². The topological polar surface area (TPSA) is 108 Å². The lowest BCUT2D eigenvalue weighted by Gasteiger charge is -2.27. The summed E-state index contributed by atoms with van der Waals surface area (Å²) < 4.78 is 0. The third-order valence-corrected chi connectivity index (χ3v) is 6.09. The van der Waals surface area contributed by atoms with Crippen molar-refractivity contribution >= 4 is 29.3 Å². The minimum atomic E-state index is -0.929. The van der Waals surface area contributed by atoms with Crippen molar-refractivity contribution in [2.75, 3.05) is 5.32 Å². The van der Waals surface area contributed by atoms with Crippen LogP contribution in [0.4, 0.5) is 5.69 Å². The second kappa shape index (κ2) is 5.88. The van der Waals surface area contributed by atoms with E-state index in [1.165, 1.54) is 6.42 Å². The van der Waals surface area contributed by atoms with Crippen LogP contribution < -0.4 is 16.0 Å². The Labute approximate surface area is 155 Å². The molecule has 5 rings (SSSR count). The van der Waals surface area contributed by atoms with Crippen LogP contribution in [-0.4, -0.2) is 52.7 Å². The highest BCUT2D eigenvalue weighted by Gasteiger charge is 2.45. The van der Waals surface area contributed by atoms with Gasteiger partial charge in [0.15, 0.2) is 0 Å². The van der Waals surface area contributed by atoms with E-state index in [0.29, 0.717) is 29.3 Å². The summed E-state index contributed by atoms with van der Waals surface area (Å²) in [6.07, 6.45) is 3.69. The number of nitrogens with one attached hydrogen (secondary N) is 3. The molecule has 4 heterocycles. The molecule has 27 heavy (non-hydrogen) atoms. The lowest BCUT2D eigenvalue weighted by atomic mass is 9.95. The first-order valence-electron chi connectivity index (χ1n) is 9.39. The van der Waals surface area contributed by atoms with Gasteiger partial charge in [-0.25, -0.2) is 0 Å². The molecule has 0 aliphatic carbocycles. The highest BCUT2D eigenvalue weighted by Crippen LogP contribution is 2.33. The van der Waals surface area contributed by atoms with Crippen molar-refractivity contribution in [3.8, 4) is 0 Å². The molecule has 4 atom stereocenters. The number of piperidine rings is 1. The number of carbonyl (C=O) groups is 4. The highest BCUT2D eigenvalue weighted by atomic mass is 16.2. The zero-order valence-electron chi connectivity index (χ0n) is 14.7. The molecule has 1 aromatic rings. The van der Waals surface area contributed by atoms with E-state index in [9.17, 15) is 19.2 Å². The maximum absolute atomic E-state index is 12.9. The monoisotopic (exact) mass is 368 g/mol. The molecule has 140 valence electrons. The highest BCUT2D eigenvalue weighted by molar-refractivity contribution is 6.23. The van der Waals surface area contributed by atoms with Crippen LogP contribution in [0.25, 0.3) is 0 Å². The van der Waals surface area contributed by atoms with Gasteiger partial charge in [0.2, 0.25) is 11.8 Å². The van der Waals surface area contributed by atoms with Crippen LogP contribution in [0.15, 0.2) is 18.2 Å². The quantitative estimate of drug-likeness (QED) is 0.667. The standard InChI is InChI=1S/C19H20N4O4/c24-16-6-5-15(17(25)22-16)23-18(26)11-3-1-9(7-12(11)19(23)27)21-14-8-10-2-4-13(14)20-10/h1,3,7,10,13-15,20-21H,2,4-6,8H2,(H,22,24,25)/t10-,13+,14-,15?/m1/s1. The first kappa shape index (κ1) is 16.4. The molecule has 8 nitrogen and oxygen atoms in total. The normalized spacial score (nSPS) is 32.1. The van der Waals surface area contributed by atoms with E-state index in [2.05, 4.69) is 16.0 Å². The molecule has 4 amide bonds. The fourth-order valence-corrected chi connectivity index (χ4v) is 4.76. The van der Waals surface area contributed by atoms with Crippen molar-refractivity contribution in [1.82, 2.24) is 15.5 Å². The molecule has 3 fully saturated rings. The SMILES string of the molecule is O=C1CCC(N2C(=O)c3ccc(N[C@@H]4C[C@H]5CC[C@@H]4N5)cc3C2=O)C(=O)N1. The molecule has 8 heteroatoms. The minimum Gasteiger partial charge on any atom is -0.381 e. The minimum absolute atomic E-state index is 0.119. The number of rotatable bonds is 3. The van der Waals surface area contributed by atoms with Crippen molar-refractivity contribution in [2.45, 2.75) is 56.3 Å². The smallest absolute Gasteiger partial charge is 0.262 e. The van der Waals surface area contributed by atoms with Gasteiger partial charge >= 0.3 is 0 Å². The zero-order chi connectivity index (χ0) is 18.7. The average Bonchev–Trinajstić information content (AvgIpc) is 3.31. The second-order valence-corrected chi connectivity index (χ2v) is 7.74. The third kappa shape index (κ3) is 2.55. The lowest BCUT2D eigenvalue weighted by Crippen LogP contribution is -2.54. The van der Waals surface area contributed by atoms with Crippen LogP contribution in [-0.2, 0) is 9.59 Å². The van der Waals surface area contributed by atoms with Gasteiger partial charge in [0, 0.05) is 30.2 Å². The van der Waals surface area contributed by atoms with Gasteiger partial charge in [-0.2, -0.15) is 0 Å².